The first-order valence-corrected chi connectivity index (χ1v) is 12.2. The average molecular weight is 365 g/mol. The summed E-state index contributed by atoms with van der Waals surface area (Å²) in [5, 5.41) is 0.199. The smallest absolute Gasteiger partial charge is 0.237 e. The van der Waals surface area contributed by atoms with Gasteiger partial charge in [0.05, 0.1) is 12.3 Å². The molecule has 0 aliphatic rings. The summed E-state index contributed by atoms with van der Waals surface area (Å²) in [5.41, 5.74) is 7.21. The van der Waals surface area contributed by atoms with E-state index in [2.05, 4.69) is 80.7 Å². The summed E-state index contributed by atoms with van der Waals surface area (Å²) in [5.74, 6) is 1.15. The minimum absolute atomic E-state index is 0.199. The predicted octanol–water partition coefficient (Wildman–Crippen LogP) is 4.91. The molecule has 142 valence electrons. The molecule has 0 aliphatic heterocycles. The van der Waals surface area contributed by atoms with Crippen LogP contribution in [0, 0.1) is 5.92 Å². The average Bonchev–Trinajstić information content (AvgIpc) is 2.53. The Labute approximate surface area is 154 Å². The number of rotatable bonds is 10. The van der Waals surface area contributed by atoms with Gasteiger partial charge in [-0.15, -0.1) is 0 Å². The van der Waals surface area contributed by atoms with E-state index in [4.69, 9.17) is 4.43 Å². The van der Waals surface area contributed by atoms with Gasteiger partial charge in [0.2, 0.25) is 5.95 Å². The van der Waals surface area contributed by atoms with Crippen LogP contribution in [0.2, 0.25) is 18.1 Å². The molecule has 0 saturated carbocycles. The van der Waals surface area contributed by atoms with Gasteiger partial charge in [0.25, 0.3) is 0 Å². The summed E-state index contributed by atoms with van der Waals surface area (Å²) in [6.07, 6.45) is 8.38. The Morgan fingerprint density at radius 1 is 1.28 bits per heavy atom. The molecule has 0 bridgehead atoms. The molecule has 1 unspecified atom stereocenters. The summed E-state index contributed by atoms with van der Waals surface area (Å²) in [6.45, 7) is 17.0. The Balaban J connectivity index is 2.46. The summed E-state index contributed by atoms with van der Waals surface area (Å²) >= 11 is 0. The maximum atomic E-state index is 6.23. The molecule has 2 N–H and O–H groups in total. The lowest BCUT2D eigenvalue weighted by Gasteiger charge is -2.36. The zero-order chi connectivity index (χ0) is 18.9. The van der Waals surface area contributed by atoms with Crippen LogP contribution in [0.4, 0.5) is 5.95 Å². The van der Waals surface area contributed by atoms with Crippen LogP contribution in [0.3, 0.4) is 0 Å². The van der Waals surface area contributed by atoms with E-state index in [1.54, 1.807) is 6.20 Å². The van der Waals surface area contributed by atoms with Gasteiger partial charge in [-0.2, -0.15) is 0 Å². The Hall–Kier alpha value is -1.24. The van der Waals surface area contributed by atoms with Crippen molar-refractivity contribution in [3.63, 3.8) is 0 Å². The lowest BCUT2D eigenvalue weighted by molar-refractivity contribution is 0.272. The van der Waals surface area contributed by atoms with Crippen LogP contribution in [0.25, 0.3) is 0 Å². The number of aromatic nitrogens is 2. The minimum Gasteiger partial charge on any atom is -0.411 e. The molecule has 1 atom stereocenters. The Morgan fingerprint density at radius 2 is 2.00 bits per heavy atom. The molecule has 25 heavy (non-hydrogen) atoms. The molecule has 0 aromatic carbocycles. The highest BCUT2D eigenvalue weighted by Crippen LogP contribution is 2.36. The fraction of sp³-hybridized carbons (Fsp3) is 0.684. The topological polar surface area (TPSA) is 59.1 Å². The number of hydrogen-bond donors (Lipinski definition) is 2. The molecular weight excluding hydrogens is 328 g/mol. The van der Waals surface area contributed by atoms with Crippen molar-refractivity contribution in [1.29, 1.82) is 0 Å². The molecule has 1 aromatic heterocycles. The van der Waals surface area contributed by atoms with Crippen molar-refractivity contribution in [3.05, 3.63) is 30.1 Å². The van der Waals surface area contributed by atoms with Gasteiger partial charge >= 0.3 is 0 Å². The van der Waals surface area contributed by atoms with E-state index < -0.39 is 8.32 Å². The maximum Gasteiger partial charge on any atom is 0.237 e. The van der Waals surface area contributed by atoms with E-state index in [0.29, 0.717) is 18.5 Å². The molecule has 0 aliphatic carbocycles. The SMILES string of the molecule is CC/C=C\CC(C)CNNc1nccc(CO[Si](C)(C)C(C)(C)C)n1. The summed E-state index contributed by atoms with van der Waals surface area (Å²) in [4.78, 5) is 8.79. The molecule has 0 spiro atoms. The predicted molar refractivity (Wildman–Crippen MR) is 109 cm³/mol. The highest BCUT2D eigenvalue weighted by Gasteiger charge is 2.37. The van der Waals surface area contributed by atoms with Crippen LogP contribution < -0.4 is 10.9 Å². The van der Waals surface area contributed by atoms with E-state index in [-0.39, 0.29) is 5.04 Å². The number of nitrogens with one attached hydrogen (secondary N) is 2. The van der Waals surface area contributed by atoms with Crippen molar-refractivity contribution in [2.45, 2.75) is 72.2 Å². The molecule has 0 amide bonds. The third kappa shape index (κ3) is 8.12. The third-order valence-corrected chi connectivity index (χ3v) is 9.17. The fourth-order valence-electron chi connectivity index (χ4n) is 1.89. The second kappa shape index (κ2) is 10.0. The second-order valence-corrected chi connectivity index (χ2v) is 13.0. The van der Waals surface area contributed by atoms with Crippen LogP contribution in [-0.4, -0.2) is 24.8 Å². The fourth-order valence-corrected chi connectivity index (χ4v) is 2.83. The summed E-state index contributed by atoms with van der Waals surface area (Å²) in [6, 6.07) is 1.91. The molecule has 6 heteroatoms. The van der Waals surface area contributed by atoms with Crippen molar-refractivity contribution in [3.8, 4) is 0 Å². The summed E-state index contributed by atoms with van der Waals surface area (Å²) in [7, 11) is -1.76. The first kappa shape index (κ1) is 21.8. The Bertz CT molecular complexity index is 540. The number of hydrogen-bond acceptors (Lipinski definition) is 5. The number of nitrogens with zero attached hydrogens (tertiary/aromatic N) is 2. The van der Waals surface area contributed by atoms with Gasteiger partial charge in [-0.1, -0.05) is 46.8 Å². The van der Waals surface area contributed by atoms with Crippen molar-refractivity contribution in [1.82, 2.24) is 15.4 Å². The summed E-state index contributed by atoms with van der Waals surface area (Å²) < 4.78 is 6.23. The molecular formula is C19H36N4OSi. The van der Waals surface area contributed by atoms with Gasteiger partial charge in [0.15, 0.2) is 8.32 Å². The first-order valence-electron chi connectivity index (χ1n) is 9.25. The van der Waals surface area contributed by atoms with Crippen molar-refractivity contribution >= 4 is 14.3 Å². The van der Waals surface area contributed by atoms with Gasteiger partial charge in [-0.25, -0.2) is 15.4 Å². The lowest BCUT2D eigenvalue weighted by Crippen LogP contribution is -2.40. The second-order valence-electron chi connectivity index (χ2n) is 8.15. The molecule has 0 fully saturated rings. The van der Waals surface area contributed by atoms with Crippen molar-refractivity contribution in [2.75, 3.05) is 12.0 Å². The van der Waals surface area contributed by atoms with Crippen molar-refractivity contribution < 1.29 is 4.43 Å². The van der Waals surface area contributed by atoms with Gasteiger partial charge < -0.3 is 4.43 Å². The third-order valence-electron chi connectivity index (χ3n) is 4.69. The Morgan fingerprint density at radius 3 is 2.64 bits per heavy atom. The molecule has 5 nitrogen and oxygen atoms in total. The quantitative estimate of drug-likeness (QED) is 0.351. The molecule has 1 heterocycles. The van der Waals surface area contributed by atoms with Crippen LogP contribution in [0.1, 0.15) is 53.2 Å². The normalized spacial score (nSPS) is 14.0. The maximum absolute atomic E-state index is 6.23. The van der Waals surface area contributed by atoms with E-state index in [9.17, 15) is 0 Å². The lowest BCUT2D eigenvalue weighted by atomic mass is 10.1. The van der Waals surface area contributed by atoms with Gasteiger partial charge in [0, 0.05) is 12.7 Å². The monoisotopic (exact) mass is 364 g/mol. The van der Waals surface area contributed by atoms with Crippen LogP contribution >= 0.6 is 0 Å². The highest BCUT2D eigenvalue weighted by molar-refractivity contribution is 6.74. The number of allylic oxidation sites excluding steroid dienone is 2. The zero-order valence-electron chi connectivity index (χ0n) is 17.0. The van der Waals surface area contributed by atoms with E-state index >= 15 is 0 Å². The van der Waals surface area contributed by atoms with Crippen molar-refractivity contribution in [2.24, 2.45) is 5.92 Å². The number of hydrazine groups is 1. The van der Waals surface area contributed by atoms with Gasteiger partial charge in [0.1, 0.15) is 0 Å². The van der Waals surface area contributed by atoms with Gasteiger partial charge in [-0.05, 0) is 43.0 Å². The minimum atomic E-state index is -1.76. The largest absolute Gasteiger partial charge is 0.411 e. The Kier molecular flexibility index (Phi) is 8.75. The molecule has 1 rings (SSSR count). The van der Waals surface area contributed by atoms with Gasteiger partial charge in [-0.3, -0.25) is 5.43 Å². The van der Waals surface area contributed by atoms with E-state index in [1.807, 2.05) is 6.07 Å². The van der Waals surface area contributed by atoms with Crippen LogP contribution in [0.15, 0.2) is 24.4 Å². The molecule has 1 aromatic rings. The van der Waals surface area contributed by atoms with Crippen LogP contribution in [0.5, 0.6) is 0 Å². The van der Waals surface area contributed by atoms with E-state index in [1.165, 1.54) is 0 Å². The molecule has 0 radical (unpaired) electrons. The highest BCUT2D eigenvalue weighted by atomic mass is 28.4. The first-order chi connectivity index (χ1) is 11.7. The van der Waals surface area contributed by atoms with E-state index in [0.717, 1.165) is 25.1 Å². The molecule has 0 saturated heterocycles. The standard InChI is InChI=1S/C19H36N4OSi/c1-8-9-10-11-16(2)14-21-23-18-20-13-12-17(22-18)15-24-25(6,7)19(3,4)5/h9-10,12-13,16,21H,8,11,14-15H2,1-7H3,(H,20,22,23)/b10-9-. The van der Waals surface area contributed by atoms with Crippen LogP contribution in [-0.2, 0) is 11.0 Å². The zero-order valence-corrected chi connectivity index (χ0v) is 18.0. The number of anilines is 1.